The van der Waals surface area contributed by atoms with Gasteiger partial charge in [0.2, 0.25) is 0 Å². The molecule has 2 N–H and O–H groups in total. The van der Waals surface area contributed by atoms with Crippen LogP contribution in [0.15, 0.2) is 41.0 Å². The van der Waals surface area contributed by atoms with Crippen molar-refractivity contribution in [2.24, 2.45) is 10.7 Å². The summed E-state index contributed by atoms with van der Waals surface area (Å²) in [5.41, 5.74) is 4.31. The highest BCUT2D eigenvalue weighted by Gasteiger charge is 2.34. The number of rotatable bonds is 2. The number of hydrogen-bond donors (Lipinski definition) is 1. The number of halogens is 3. The Morgan fingerprint density at radius 3 is 2.53 bits per heavy atom. The van der Waals surface area contributed by atoms with Crippen LogP contribution < -0.4 is 10.6 Å². The summed E-state index contributed by atoms with van der Waals surface area (Å²) in [6.07, 6.45) is -1.89. The lowest BCUT2D eigenvalue weighted by molar-refractivity contribution is -0.137. The van der Waals surface area contributed by atoms with Crippen molar-refractivity contribution in [3.63, 3.8) is 0 Å². The molecule has 1 amide bonds. The second-order valence-corrected chi connectivity index (χ2v) is 3.87. The molecule has 100 valence electrons. The zero-order valence-corrected chi connectivity index (χ0v) is 9.69. The third-order valence-electron chi connectivity index (χ3n) is 2.59. The number of nitrogens with two attached hydrogens (primary N) is 1. The summed E-state index contributed by atoms with van der Waals surface area (Å²) in [7, 11) is 0. The number of anilines is 1. The molecule has 0 saturated heterocycles. The fourth-order valence-electron chi connectivity index (χ4n) is 1.71. The van der Waals surface area contributed by atoms with E-state index in [4.69, 9.17) is 5.73 Å². The first kappa shape index (κ1) is 13.1. The van der Waals surface area contributed by atoms with Crippen LogP contribution in [0, 0.1) is 0 Å². The molecule has 0 aromatic heterocycles. The summed E-state index contributed by atoms with van der Waals surface area (Å²) < 4.78 is 38.5. The van der Waals surface area contributed by atoms with Gasteiger partial charge in [0.25, 0.3) is 5.91 Å². The van der Waals surface area contributed by atoms with Crippen molar-refractivity contribution in [2.45, 2.75) is 6.18 Å². The average Bonchev–Trinajstić information content (AvgIpc) is 2.38. The summed E-state index contributed by atoms with van der Waals surface area (Å²) in [4.78, 5) is 15.9. The van der Waals surface area contributed by atoms with E-state index in [0.717, 1.165) is 6.07 Å². The standard InChI is InChI=1S/C12H10F3N3O/c13-12(14,15)8-3-1-2-4-10(8)18-6-5-9(11(16)19)17-7-18/h1-5,7H,6H2,(H2,16,19). The van der Waals surface area contributed by atoms with Crippen molar-refractivity contribution in [3.8, 4) is 0 Å². The molecule has 1 aliphatic heterocycles. The minimum Gasteiger partial charge on any atom is -0.364 e. The summed E-state index contributed by atoms with van der Waals surface area (Å²) in [6, 6.07) is 5.16. The molecule has 0 aliphatic carbocycles. The normalized spacial score (nSPS) is 15.3. The van der Waals surface area contributed by atoms with Crippen LogP contribution in [0.3, 0.4) is 0 Å². The Bertz CT molecular complexity index is 564. The van der Waals surface area contributed by atoms with Crippen molar-refractivity contribution in [1.29, 1.82) is 0 Å². The van der Waals surface area contributed by atoms with Gasteiger partial charge in [-0.25, -0.2) is 4.99 Å². The zero-order chi connectivity index (χ0) is 14.0. The first-order chi connectivity index (χ1) is 8.89. The molecule has 1 heterocycles. The molecule has 0 saturated carbocycles. The van der Waals surface area contributed by atoms with E-state index in [1.807, 2.05) is 0 Å². The number of hydrogen-bond acceptors (Lipinski definition) is 3. The Hall–Kier alpha value is -2.31. The molecule has 1 aliphatic rings. The molecule has 4 nitrogen and oxygen atoms in total. The number of aliphatic imine (C=N–C) groups is 1. The SMILES string of the molecule is NC(=O)C1=CCN(c2ccccc2C(F)(F)F)C=N1. The third kappa shape index (κ3) is 2.75. The number of nitrogens with zero attached hydrogens (tertiary/aromatic N) is 2. The molecule has 19 heavy (non-hydrogen) atoms. The summed E-state index contributed by atoms with van der Waals surface area (Å²) in [5.74, 6) is -0.708. The van der Waals surface area contributed by atoms with Gasteiger partial charge in [-0.05, 0) is 18.2 Å². The molecule has 0 radical (unpaired) electrons. The second kappa shape index (κ2) is 4.75. The van der Waals surface area contributed by atoms with E-state index in [0.29, 0.717) is 0 Å². The maximum Gasteiger partial charge on any atom is 0.418 e. The fourth-order valence-corrected chi connectivity index (χ4v) is 1.71. The molecule has 2 rings (SSSR count). The quantitative estimate of drug-likeness (QED) is 0.891. The maximum atomic E-state index is 12.8. The van der Waals surface area contributed by atoms with Crippen molar-refractivity contribution in [3.05, 3.63) is 41.6 Å². The number of carbonyl (C=O) groups excluding carboxylic acids is 1. The fraction of sp³-hybridized carbons (Fsp3) is 0.167. The van der Waals surface area contributed by atoms with Crippen LogP contribution in [0.2, 0.25) is 0 Å². The number of amides is 1. The van der Waals surface area contributed by atoms with E-state index < -0.39 is 17.6 Å². The van der Waals surface area contributed by atoms with E-state index in [9.17, 15) is 18.0 Å². The lowest BCUT2D eigenvalue weighted by atomic mass is 10.1. The van der Waals surface area contributed by atoms with Gasteiger partial charge >= 0.3 is 6.18 Å². The number of primary amides is 1. The molecule has 0 unspecified atom stereocenters. The molecular formula is C12H10F3N3O. The first-order valence-corrected chi connectivity index (χ1v) is 5.36. The third-order valence-corrected chi connectivity index (χ3v) is 2.59. The van der Waals surface area contributed by atoms with Crippen LogP contribution in [0.4, 0.5) is 18.9 Å². The van der Waals surface area contributed by atoms with Crippen LogP contribution in [-0.2, 0) is 11.0 Å². The molecule has 0 spiro atoms. The molecule has 1 aromatic rings. The number of carbonyl (C=O) groups is 1. The number of alkyl halides is 3. The van der Waals surface area contributed by atoms with Gasteiger partial charge in [0.1, 0.15) is 5.70 Å². The Morgan fingerprint density at radius 2 is 2.00 bits per heavy atom. The van der Waals surface area contributed by atoms with Crippen LogP contribution in [0.5, 0.6) is 0 Å². The highest BCUT2D eigenvalue weighted by Crippen LogP contribution is 2.36. The average molecular weight is 269 g/mol. The maximum absolute atomic E-state index is 12.8. The van der Waals surface area contributed by atoms with Gasteiger partial charge < -0.3 is 10.6 Å². The Labute approximate surface area is 107 Å². The number of para-hydroxylation sites is 1. The molecule has 0 fully saturated rings. The van der Waals surface area contributed by atoms with E-state index in [1.165, 1.54) is 35.5 Å². The predicted octanol–water partition coefficient (Wildman–Crippen LogP) is 1.92. The Morgan fingerprint density at radius 1 is 1.32 bits per heavy atom. The van der Waals surface area contributed by atoms with E-state index in [1.54, 1.807) is 0 Å². The summed E-state index contributed by atoms with van der Waals surface area (Å²) in [6.45, 7) is 0.106. The van der Waals surface area contributed by atoms with Gasteiger partial charge in [-0.3, -0.25) is 4.79 Å². The predicted molar refractivity (Wildman–Crippen MR) is 64.6 cm³/mol. The van der Waals surface area contributed by atoms with Crippen LogP contribution in [-0.4, -0.2) is 18.8 Å². The van der Waals surface area contributed by atoms with Crippen molar-refractivity contribution < 1.29 is 18.0 Å². The zero-order valence-electron chi connectivity index (χ0n) is 9.69. The summed E-state index contributed by atoms with van der Waals surface area (Å²) >= 11 is 0. The van der Waals surface area contributed by atoms with Gasteiger partial charge in [-0.1, -0.05) is 12.1 Å². The lowest BCUT2D eigenvalue weighted by Crippen LogP contribution is -2.29. The number of benzene rings is 1. The Kier molecular flexibility index (Phi) is 3.28. The van der Waals surface area contributed by atoms with Crippen molar-refractivity contribution in [2.75, 3.05) is 11.4 Å². The van der Waals surface area contributed by atoms with Gasteiger partial charge in [0.15, 0.2) is 0 Å². The van der Waals surface area contributed by atoms with E-state index in [-0.39, 0.29) is 17.9 Å². The summed E-state index contributed by atoms with van der Waals surface area (Å²) in [5, 5.41) is 0. The van der Waals surface area contributed by atoms with Gasteiger partial charge in [-0.2, -0.15) is 13.2 Å². The molecule has 1 aromatic carbocycles. The van der Waals surface area contributed by atoms with E-state index >= 15 is 0 Å². The van der Waals surface area contributed by atoms with Crippen molar-refractivity contribution in [1.82, 2.24) is 0 Å². The monoisotopic (exact) mass is 269 g/mol. The minimum atomic E-state index is -4.45. The largest absolute Gasteiger partial charge is 0.418 e. The lowest BCUT2D eigenvalue weighted by Gasteiger charge is -2.24. The van der Waals surface area contributed by atoms with Gasteiger partial charge in [0.05, 0.1) is 17.6 Å². The van der Waals surface area contributed by atoms with E-state index in [2.05, 4.69) is 4.99 Å². The Balaban J connectivity index is 2.31. The highest BCUT2D eigenvalue weighted by atomic mass is 19.4. The molecule has 7 heteroatoms. The van der Waals surface area contributed by atoms with Gasteiger partial charge in [0, 0.05) is 6.54 Å². The molecule has 0 bridgehead atoms. The topological polar surface area (TPSA) is 58.7 Å². The van der Waals surface area contributed by atoms with Crippen molar-refractivity contribution >= 4 is 17.9 Å². The van der Waals surface area contributed by atoms with Crippen LogP contribution >= 0.6 is 0 Å². The van der Waals surface area contributed by atoms with Gasteiger partial charge in [-0.15, -0.1) is 0 Å². The minimum absolute atomic E-state index is 0.0153. The first-order valence-electron chi connectivity index (χ1n) is 5.36. The second-order valence-electron chi connectivity index (χ2n) is 3.87. The molecule has 0 atom stereocenters. The van der Waals surface area contributed by atoms with Crippen LogP contribution in [0.25, 0.3) is 0 Å². The highest BCUT2D eigenvalue weighted by molar-refractivity contribution is 5.96. The molecular weight excluding hydrogens is 259 g/mol. The van der Waals surface area contributed by atoms with Crippen LogP contribution in [0.1, 0.15) is 5.56 Å². The smallest absolute Gasteiger partial charge is 0.364 e.